The van der Waals surface area contributed by atoms with Gasteiger partial charge in [0.1, 0.15) is 0 Å². The molecule has 0 aromatic rings. The maximum absolute atomic E-state index is 11.7. The molecule has 2 aliphatic rings. The second-order valence-electron chi connectivity index (χ2n) is 4.18. The van der Waals surface area contributed by atoms with Gasteiger partial charge in [0.15, 0.2) is 5.41 Å². The van der Waals surface area contributed by atoms with E-state index in [9.17, 15) is 9.59 Å². The van der Waals surface area contributed by atoms with Crippen LogP contribution in [0, 0.1) is 17.3 Å². The van der Waals surface area contributed by atoms with Gasteiger partial charge in [0.2, 0.25) is 0 Å². The van der Waals surface area contributed by atoms with Gasteiger partial charge in [-0.25, -0.2) is 0 Å². The lowest BCUT2D eigenvalue weighted by Crippen LogP contribution is -2.39. The number of carbonyl (C=O) groups excluding carboxylic acids is 2. The number of cyclic esters (lactones) is 1. The molecule has 4 heteroatoms. The Bertz CT molecular complexity index is 286. The van der Waals surface area contributed by atoms with Gasteiger partial charge in [0, 0.05) is 5.92 Å². The number of fused-ring (bicyclic) bond motifs is 1. The molecule has 0 radical (unpaired) electrons. The molecule has 2 fully saturated rings. The first-order valence-corrected chi connectivity index (χ1v) is 4.88. The third-order valence-electron chi connectivity index (χ3n) is 3.62. The molecule has 1 saturated heterocycles. The summed E-state index contributed by atoms with van der Waals surface area (Å²) >= 11 is 0. The summed E-state index contributed by atoms with van der Waals surface area (Å²) in [5.74, 6) is -0.434. The number of esters is 2. The molecule has 1 aliphatic heterocycles. The predicted octanol–water partition coefficient (Wildman–Crippen LogP) is 0.749. The lowest BCUT2D eigenvalue weighted by Gasteiger charge is -2.21. The molecule has 0 aromatic carbocycles. The van der Waals surface area contributed by atoms with Crippen LogP contribution in [-0.4, -0.2) is 25.7 Å². The minimum atomic E-state index is -0.978. The van der Waals surface area contributed by atoms with Gasteiger partial charge in [-0.15, -0.1) is 0 Å². The van der Waals surface area contributed by atoms with Crippen molar-refractivity contribution in [3.8, 4) is 0 Å². The number of ether oxygens (including phenoxy) is 2. The lowest BCUT2D eigenvalue weighted by atomic mass is 9.78. The van der Waals surface area contributed by atoms with Crippen LogP contribution in [0.5, 0.6) is 0 Å². The molecule has 2 rings (SSSR count). The fourth-order valence-electron chi connectivity index (χ4n) is 2.70. The van der Waals surface area contributed by atoms with Crippen LogP contribution in [0.2, 0.25) is 0 Å². The summed E-state index contributed by atoms with van der Waals surface area (Å²) in [5.41, 5.74) is -0.978. The third kappa shape index (κ3) is 0.938. The summed E-state index contributed by atoms with van der Waals surface area (Å²) in [5, 5.41) is 0. The largest absolute Gasteiger partial charge is 0.468 e. The summed E-state index contributed by atoms with van der Waals surface area (Å²) in [7, 11) is 1.32. The van der Waals surface area contributed by atoms with Crippen molar-refractivity contribution in [2.75, 3.05) is 13.7 Å². The van der Waals surface area contributed by atoms with E-state index in [1.54, 1.807) is 0 Å². The standard InChI is InChI=1S/C10H14O4/c1-6-3-4-10(8(11)13-2)7(6)5-14-9(10)12/h6-7H,3-5H2,1-2H3/t6-,7-,10+/m0/s1. The Labute approximate surface area is 82.6 Å². The molecule has 0 unspecified atom stereocenters. The molecule has 0 spiro atoms. The molecule has 0 amide bonds. The van der Waals surface area contributed by atoms with Crippen LogP contribution < -0.4 is 0 Å². The highest BCUT2D eigenvalue weighted by Crippen LogP contribution is 2.52. The summed E-state index contributed by atoms with van der Waals surface area (Å²) in [4.78, 5) is 23.3. The Hall–Kier alpha value is -1.06. The average molecular weight is 198 g/mol. The highest BCUT2D eigenvalue weighted by Gasteiger charge is 2.63. The second-order valence-corrected chi connectivity index (χ2v) is 4.18. The van der Waals surface area contributed by atoms with Crippen molar-refractivity contribution < 1.29 is 19.1 Å². The van der Waals surface area contributed by atoms with Gasteiger partial charge in [0.05, 0.1) is 13.7 Å². The summed E-state index contributed by atoms with van der Waals surface area (Å²) in [6, 6.07) is 0. The maximum Gasteiger partial charge on any atom is 0.323 e. The van der Waals surface area contributed by atoms with Gasteiger partial charge in [-0.3, -0.25) is 9.59 Å². The van der Waals surface area contributed by atoms with Crippen molar-refractivity contribution in [2.24, 2.45) is 17.3 Å². The predicted molar refractivity (Wildman–Crippen MR) is 47.3 cm³/mol. The quantitative estimate of drug-likeness (QED) is 0.461. The van der Waals surface area contributed by atoms with E-state index < -0.39 is 17.4 Å². The molecule has 78 valence electrons. The molecular formula is C10H14O4. The Balaban J connectivity index is 2.37. The highest BCUT2D eigenvalue weighted by molar-refractivity contribution is 6.02. The maximum atomic E-state index is 11.7. The van der Waals surface area contributed by atoms with E-state index in [4.69, 9.17) is 9.47 Å². The molecule has 0 N–H and O–H groups in total. The molecular weight excluding hydrogens is 184 g/mol. The van der Waals surface area contributed by atoms with Crippen molar-refractivity contribution in [1.29, 1.82) is 0 Å². The van der Waals surface area contributed by atoms with Crippen molar-refractivity contribution in [3.63, 3.8) is 0 Å². The number of hydrogen-bond donors (Lipinski definition) is 0. The SMILES string of the molecule is COC(=O)[C@@]12CC[C@H](C)[C@@H]1COC2=O. The van der Waals surface area contributed by atoms with Gasteiger partial charge >= 0.3 is 11.9 Å². The zero-order chi connectivity index (χ0) is 10.3. The third-order valence-corrected chi connectivity index (χ3v) is 3.62. The molecule has 14 heavy (non-hydrogen) atoms. The zero-order valence-electron chi connectivity index (χ0n) is 8.41. The van der Waals surface area contributed by atoms with Crippen molar-refractivity contribution in [3.05, 3.63) is 0 Å². The smallest absolute Gasteiger partial charge is 0.323 e. The fraction of sp³-hybridized carbons (Fsp3) is 0.800. The van der Waals surface area contributed by atoms with Crippen LogP contribution in [0.3, 0.4) is 0 Å². The molecule has 0 aromatic heterocycles. The summed E-state index contributed by atoms with van der Waals surface area (Å²) in [6.45, 7) is 2.42. The average Bonchev–Trinajstić information content (AvgIpc) is 2.68. The normalized spacial score (nSPS) is 40.6. The first-order valence-electron chi connectivity index (χ1n) is 4.88. The minimum absolute atomic E-state index is 0.0162. The van der Waals surface area contributed by atoms with Crippen molar-refractivity contribution >= 4 is 11.9 Å². The lowest BCUT2D eigenvalue weighted by molar-refractivity contribution is -0.163. The Morgan fingerprint density at radius 1 is 1.64 bits per heavy atom. The second kappa shape index (κ2) is 2.97. The van der Waals surface area contributed by atoms with Crippen LogP contribution >= 0.6 is 0 Å². The molecule has 1 aliphatic carbocycles. The van der Waals surface area contributed by atoms with Gasteiger partial charge in [-0.05, 0) is 18.8 Å². The molecule has 1 heterocycles. The minimum Gasteiger partial charge on any atom is -0.468 e. The van der Waals surface area contributed by atoms with Gasteiger partial charge in [-0.1, -0.05) is 6.92 Å². The van der Waals surface area contributed by atoms with Crippen molar-refractivity contribution in [2.45, 2.75) is 19.8 Å². The molecule has 4 nitrogen and oxygen atoms in total. The Morgan fingerprint density at radius 3 is 3.00 bits per heavy atom. The van der Waals surface area contributed by atoms with E-state index >= 15 is 0 Å². The van der Waals surface area contributed by atoms with E-state index in [2.05, 4.69) is 6.92 Å². The highest BCUT2D eigenvalue weighted by atomic mass is 16.6. The van der Waals surface area contributed by atoms with Crippen molar-refractivity contribution in [1.82, 2.24) is 0 Å². The number of carbonyl (C=O) groups is 2. The van der Waals surface area contributed by atoms with E-state index in [0.717, 1.165) is 6.42 Å². The monoisotopic (exact) mass is 198 g/mol. The Morgan fingerprint density at radius 2 is 2.36 bits per heavy atom. The van der Waals surface area contributed by atoms with Crippen LogP contribution in [-0.2, 0) is 19.1 Å². The first kappa shape index (κ1) is 9.49. The van der Waals surface area contributed by atoms with Crippen LogP contribution in [0.1, 0.15) is 19.8 Å². The zero-order valence-corrected chi connectivity index (χ0v) is 8.41. The van der Waals surface area contributed by atoms with E-state index in [1.807, 2.05) is 0 Å². The summed E-state index contributed by atoms with van der Waals surface area (Å²) < 4.78 is 9.69. The fourth-order valence-corrected chi connectivity index (χ4v) is 2.70. The van der Waals surface area contributed by atoms with Crippen LogP contribution in [0.15, 0.2) is 0 Å². The van der Waals surface area contributed by atoms with E-state index in [1.165, 1.54) is 7.11 Å². The molecule has 1 saturated carbocycles. The number of methoxy groups -OCH3 is 1. The molecule has 3 atom stereocenters. The van der Waals surface area contributed by atoms with Gasteiger partial charge in [-0.2, -0.15) is 0 Å². The number of hydrogen-bond acceptors (Lipinski definition) is 4. The summed E-state index contributed by atoms with van der Waals surface area (Å²) in [6.07, 6.45) is 1.47. The van der Waals surface area contributed by atoms with Gasteiger partial charge in [0.25, 0.3) is 0 Å². The van der Waals surface area contributed by atoms with E-state index in [-0.39, 0.29) is 5.92 Å². The van der Waals surface area contributed by atoms with Crippen LogP contribution in [0.4, 0.5) is 0 Å². The van der Waals surface area contributed by atoms with E-state index in [0.29, 0.717) is 18.9 Å². The van der Waals surface area contributed by atoms with Crippen LogP contribution in [0.25, 0.3) is 0 Å². The Kier molecular flexibility index (Phi) is 2.01. The molecule has 0 bridgehead atoms. The number of rotatable bonds is 1. The topological polar surface area (TPSA) is 52.6 Å². The van der Waals surface area contributed by atoms with Gasteiger partial charge < -0.3 is 9.47 Å². The first-order chi connectivity index (χ1) is 6.63.